The monoisotopic (exact) mass is 383 g/mol. The molecule has 0 amide bonds. The van der Waals surface area contributed by atoms with Gasteiger partial charge in [0.05, 0.1) is 11.6 Å². The molecule has 2 rings (SSSR count). The summed E-state index contributed by atoms with van der Waals surface area (Å²) in [6.45, 7) is 1.53. The van der Waals surface area contributed by atoms with Crippen LogP contribution in [0.5, 0.6) is 0 Å². The van der Waals surface area contributed by atoms with Crippen LogP contribution in [0.4, 0.5) is 18.9 Å². The summed E-state index contributed by atoms with van der Waals surface area (Å²) in [7, 11) is 0. The van der Waals surface area contributed by atoms with Gasteiger partial charge in [-0.05, 0) is 43.3 Å². The van der Waals surface area contributed by atoms with E-state index in [-0.39, 0.29) is 11.6 Å². The molecule has 0 fully saturated rings. The zero-order valence-electron chi connectivity index (χ0n) is 13.5. The third-order valence-electron chi connectivity index (χ3n) is 3.22. The number of benzene rings is 2. The van der Waals surface area contributed by atoms with Gasteiger partial charge in [-0.1, -0.05) is 11.6 Å². The van der Waals surface area contributed by atoms with Gasteiger partial charge in [0, 0.05) is 17.5 Å². The SMILES string of the molecule is CCOC(=O)C(=CNc1ccc(F)cc1)C(=O)c1cc(F)c(F)cc1Cl. The third kappa shape index (κ3) is 4.64. The summed E-state index contributed by atoms with van der Waals surface area (Å²) in [6.07, 6.45) is 1.03. The van der Waals surface area contributed by atoms with Gasteiger partial charge in [-0.3, -0.25) is 4.79 Å². The van der Waals surface area contributed by atoms with Crippen LogP contribution in [-0.4, -0.2) is 18.4 Å². The average Bonchev–Trinajstić information content (AvgIpc) is 2.60. The van der Waals surface area contributed by atoms with Crippen molar-refractivity contribution in [1.82, 2.24) is 0 Å². The average molecular weight is 384 g/mol. The topological polar surface area (TPSA) is 55.4 Å². The second kappa shape index (κ2) is 8.53. The summed E-state index contributed by atoms with van der Waals surface area (Å²) in [6, 6.07) is 6.35. The van der Waals surface area contributed by atoms with Crippen LogP contribution in [-0.2, 0) is 9.53 Å². The first kappa shape index (κ1) is 19.5. The lowest BCUT2D eigenvalue weighted by molar-refractivity contribution is -0.138. The standard InChI is InChI=1S/C18H13ClF3NO3/c1-2-26-18(25)13(9-23-11-5-3-10(20)4-6-11)17(24)12-7-15(21)16(22)8-14(12)19/h3-9,23H,2H2,1H3. The second-order valence-electron chi connectivity index (χ2n) is 5.01. The van der Waals surface area contributed by atoms with Gasteiger partial charge in [-0.2, -0.15) is 0 Å². The van der Waals surface area contributed by atoms with Crippen molar-refractivity contribution < 1.29 is 27.5 Å². The molecule has 0 saturated carbocycles. The van der Waals surface area contributed by atoms with E-state index in [9.17, 15) is 22.8 Å². The van der Waals surface area contributed by atoms with E-state index in [0.29, 0.717) is 17.8 Å². The van der Waals surface area contributed by atoms with Crippen LogP contribution < -0.4 is 5.32 Å². The van der Waals surface area contributed by atoms with Crippen LogP contribution in [0.3, 0.4) is 0 Å². The Morgan fingerprint density at radius 2 is 1.73 bits per heavy atom. The smallest absolute Gasteiger partial charge is 0.343 e. The van der Waals surface area contributed by atoms with Gasteiger partial charge in [-0.15, -0.1) is 0 Å². The minimum atomic E-state index is -1.28. The van der Waals surface area contributed by atoms with Gasteiger partial charge in [0.15, 0.2) is 11.6 Å². The molecule has 2 aromatic rings. The number of carbonyl (C=O) groups excluding carboxylic acids is 2. The first-order chi connectivity index (χ1) is 12.3. The first-order valence-corrected chi connectivity index (χ1v) is 7.80. The molecule has 0 aliphatic heterocycles. The van der Waals surface area contributed by atoms with Crippen molar-refractivity contribution >= 4 is 29.0 Å². The van der Waals surface area contributed by atoms with Crippen LogP contribution in [0.1, 0.15) is 17.3 Å². The lowest BCUT2D eigenvalue weighted by atomic mass is 10.0. The first-order valence-electron chi connectivity index (χ1n) is 7.42. The lowest BCUT2D eigenvalue weighted by Crippen LogP contribution is -2.18. The number of carbonyl (C=O) groups is 2. The van der Waals surface area contributed by atoms with Crippen molar-refractivity contribution in [1.29, 1.82) is 0 Å². The highest BCUT2D eigenvalue weighted by atomic mass is 35.5. The van der Waals surface area contributed by atoms with Gasteiger partial charge in [0.1, 0.15) is 11.4 Å². The van der Waals surface area contributed by atoms with E-state index in [0.717, 1.165) is 6.20 Å². The molecule has 8 heteroatoms. The van der Waals surface area contributed by atoms with E-state index < -0.39 is 40.3 Å². The number of rotatable bonds is 6. The third-order valence-corrected chi connectivity index (χ3v) is 3.53. The predicted octanol–water partition coefficient (Wildman–Crippen LogP) is 4.50. The molecule has 0 aromatic heterocycles. The van der Waals surface area contributed by atoms with Crippen LogP contribution in [0.15, 0.2) is 48.2 Å². The quantitative estimate of drug-likeness (QED) is 0.199. The number of ether oxygens (including phenoxy) is 1. The molecular formula is C18H13ClF3NO3. The normalized spacial score (nSPS) is 11.2. The maximum atomic E-state index is 13.4. The number of esters is 1. The molecule has 0 saturated heterocycles. The lowest BCUT2D eigenvalue weighted by Gasteiger charge is -2.09. The molecule has 0 spiro atoms. The summed E-state index contributed by atoms with van der Waals surface area (Å²) in [5, 5.41) is 2.29. The fourth-order valence-corrected chi connectivity index (χ4v) is 2.21. The van der Waals surface area contributed by atoms with E-state index in [1.807, 2.05) is 0 Å². The van der Waals surface area contributed by atoms with E-state index in [1.54, 1.807) is 0 Å². The largest absolute Gasteiger partial charge is 0.462 e. The molecule has 0 aliphatic rings. The van der Waals surface area contributed by atoms with Crippen molar-refractivity contribution in [3.05, 3.63) is 76.2 Å². The number of anilines is 1. The molecule has 136 valence electrons. The number of hydrogen-bond donors (Lipinski definition) is 1. The maximum absolute atomic E-state index is 13.4. The van der Waals surface area contributed by atoms with Crippen molar-refractivity contribution in [3.63, 3.8) is 0 Å². The molecule has 2 aromatic carbocycles. The molecule has 0 unspecified atom stereocenters. The number of halogens is 4. The molecule has 0 bridgehead atoms. The highest BCUT2D eigenvalue weighted by Crippen LogP contribution is 2.23. The van der Waals surface area contributed by atoms with Crippen molar-refractivity contribution in [2.75, 3.05) is 11.9 Å². The molecule has 0 radical (unpaired) electrons. The van der Waals surface area contributed by atoms with E-state index in [4.69, 9.17) is 16.3 Å². The Morgan fingerprint density at radius 1 is 1.12 bits per heavy atom. The summed E-state index contributed by atoms with van der Waals surface area (Å²) in [5.41, 5.74) is -0.493. The number of hydrogen-bond acceptors (Lipinski definition) is 4. The number of Topliss-reactive ketones (excluding diaryl/α,β-unsaturated/α-hetero) is 1. The van der Waals surface area contributed by atoms with Crippen molar-refractivity contribution in [2.45, 2.75) is 6.92 Å². The highest BCUT2D eigenvalue weighted by Gasteiger charge is 2.24. The van der Waals surface area contributed by atoms with Crippen LogP contribution >= 0.6 is 11.6 Å². The second-order valence-corrected chi connectivity index (χ2v) is 5.41. The molecule has 0 atom stereocenters. The summed E-state index contributed by atoms with van der Waals surface area (Å²) in [5.74, 6) is -4.91. The van der Waals surface area contributed by atoms with Crippen LogP contribution in [0.2, 0.25) is 5.02 Å². The van der Waals surface area contributed by atoms with Gasteiger partial charge in [0.2, 0.25) is 5.78 Å². The van der Waals surface area contributed by atoms with Crippen LogP contribution in [0, 0.1) is 17.5 Å². The zero-order chi connectivity index (χ0) is 19.3. The zero-order valence-corrected chi connectivity index (χ0v) is 14.2. The van der Waals surface area contributed by atoms with Crippen LogP contribution in [0.25, 0.3) is 0 Å². The Kier molecular flexibility index (Phi) is 6.41. The Bertz CT molecular complexity index is 867. The fourth-order valence-electron chi connectivity index (χ4n) is 1.97. The minimum Gasteiger partial charge on any atom is -0.462 e. The Labute approximate surface area is 152 Å². The van der Waals surface area contributed by atoms with E-state index >= 15 is 0 Å². The summed E-state index contributed by atoms with van der Waals surface area (Å²) in [4.78, 5) is 24.7. The number of ketones is 1. The van der Waals surface area contributed by atoms with Crippen molar-refractivity contribution in [2.24, 2.45) is 0 Å². The van der Waals surface area contributed by atoms with E-state index in [2.05, 4.69) is 5.32 Å². The molecule has 4 nitrogen and oxygen atoms in total. The van der Waals surface area contributed by atoms with Gasteiger partial charge >= 0.3 is 5.97 Å². The van der Waals surface area contributed by atoms with Crippen molar-refractivity contribution in [3.8, 4) is 0 Å². The van der Waals surface area contributed by atoms with Gasteiger partial charge < -0.3 is 10.1 Å². The van der Waals surface area contributed by atoms with Gasteiger partial charge in [0.25, 0.3) is 0 Å². The Balaban J connectivity index is 2.39. The Hall–Kier alpha value is -2.80. The maximum Gasteiger partial charge on any atom is 0.343 e. The minimum absolute atomic E-state index is 0.00842. The fraction of sp³-hybridized carbons (Fsp3) is 0.111. The van der Waals surface area contributed by atoms with Gasteiger partial charge in [-0.25, -0.2) is 18.0 Å². The summed E-state index contributed by atoms with van der Waals surface area (Å²) >= 11 is 5.79. The summed E-state index contributed by atoms with van der Waals surface area (Å²) < 4.78 is 44.4. The molecule has 26 heavy (non-hydrogen) atoms. The highest BCUT2D eigenvalue weighted by molar-refractivity contribution is 6.37. The number of nitrogens with one attached hydrogen (secondary N) is 1. The predicted molar refractivity (Wildman–Crippen MR) is 90.4 cm³/mol. The molecule has 0 heterocycles. The molecule has 0 aliphatic carbocycles. The van der Waals surface area contributed by atoms with E-state index in [1.165, 1.54) is 31.2 Å². The Morgan fingerprint density at radius 3 is 2.35 bits per heavy atom. The molecular weight excluding hydrogens is 371 g/mol. The molecule has 1 N–H and O–H groups in total.